The highest BCUT2D eigenvalue weighted by Gasteiger charge is 2.22. The summed E-state index contributed by atoms with van der Waals surface area (Å²) < 4.78 is 4.88. The predicted molar refractivity (Wildman–Crippen MR) is 82.4 cm³/mol. The zero-order valence-corrected chi connectivity index (χ0v) is 12.2. The number of amides is 1. The van der Waals surface area contributed by atoms with Gasteiger partial charge in [-0.1, -0.05) is 35.5 Å². The lowest BCUT2D eigenvalue weighted by atomic mass is 10.0. The molecule has 22 heavy (non-hydrogen) atoms. The highest BCUT2D eigenvalue weighted by molar-refractivity contribution is 6.30. The molecule has 1 heterocycles. The van der Waals surface area contributed by atoms with Crippen LogP contribution >= 0.6 is 0 Å². The average molecular weight is 300 g/mol. The van der Waals surface area contributed by atoms with Crippen molar-refractivity contribution in [3.8, 4) is 0 Å². The first kappa shape index (κ1) is 15.3. The summed E-state index contributed by atoms with van der Waals surface area (Å²) in [5.41, 5.74) is 0.757. The molecule has 0 fully saturated rings. The molecule has 7 heteroatoms. The molecule has 0 aliphatic carbocycles. The van der Waals surface area contributed by atoms with Crippen LogP contribution in [0.1, 0.15) is 18.2 Å². The molecule has 0 aliphatic heterocycles. The van der Waals surface area contributed by atoms with Crippen molar-refractivity contribution in [1.29, 1.82) is 0 Å². The molecule has 1 aromatic carbocycles. The van der Waals surface area contributed by atoms with E-state index >= 15 is 0 Å². The van der Waals surface area contributed by atoms with Crippen LogP contribution in [0.25, 0.3) is 0 Å². The van der Waals surface area contributed by atoms with E-state index in [9.17, 15) is 9.90 Å². The third-order valence-corrected chi connectivity index (χ3v) is 2.87. The fourth-order valence-electron chi connectivity index (χ4n) is 1.93. The molecule has 0 unspecified atom stereocenters. The molecule has 7 nitrogen and oxygen atoms in total. The minimum Gasteiger partial charge on any atom is -0.512 e. The second-order valence-electron chi connectivity index (χ2n) is 4.58. The summed E-state index contributed by atoms with van der Waals surface area (Å²) in [6.45, 7) is 3.09. The molecular formula is C15H16N4O3. The van der Waals surface area contributed by atoms with E-state index in [2.05, 4.69) is 15.6 Å². The third-order valence-electron chi connectivity index (χ3n) is 2.87. The lowest BCUT2D eigenvalue weighted by Gasteiger charge is -2.10. The highest BCUT2D eigenvalue weighted by atomic mass is 16.5. The highest BCUT2D eigenvalue weighted by Crippen LogP contribution is 2.15. The number of anilines is 1. The van der Waals surface area contributed by atoms with Gasteiger partial charge in [-0.15, -0.1) is 0 Å². The van der Waals surface area contributed by atoms with Crippen molar-refractivity contribution < 1.29 is 14.4 Å². The van der Waals surface area contributed by atoms with Crippen molar-refractivity contribution >= 4 is 17.4 Å². The van der Waals surface area contributed by atoms with Gasteiger partial charge in [-0.2, -0.15) is 5.10 Å². The zero-order valence-electron chi connectivity index (χ0n) is 12.2. The van der Waals surface area contributed by atoms with Crippen LogP contribution < -0.4 is 11.2 Å². The summed E-state index contributed by atoms with van der Waals surface area (Å²) in [6.07, 6.45) is 0. The van der Waals surface area contributed by atoms with Crippen LogP contribution in [0.5, 0.6) is 0 Å². The molecule has 2 rings (SSSR count). The Morgan fingerprint density at radius 2 is 2.05 bits per heavy atom. The van der Waals surface area contributed by atoms with Crippen LogP contribution in [0.15, 0.2) is 57.4 Å². The van der Waals surface area contributed by atoms with E-state index in [4.69, 9.17) is 10.4 Å². The number of nitrogens with two attached hydrogens (primary N) is 1. The summed E-state index contributed by atoms with van der Waals surface area (Å²) in [5, 5.41) is 19.7. The number of rotatable bonds is 4. The van der Waals surface area contributed by atoms with Crippen molar-refractivity contribution in [1.82, 2.24) is 5.16 Å². The average Bonchev–Trinajstić information content (AvgIpc) is 2.90. The van der Waals surface area contributed by atoms with Crippen LogP contribution in [0.2, 0.25) is 0 Å². The minimum atomic E-state index is -0.582. The first-order valence-corrected chi connectivity index (χ1v) is 6.51. The number of carbonyl (C=O) groups excluding carboxylic acids is 1. The Morgan fingerprint density at radius 1 is 1.36 bits per heavy atom. The van der Waals surface area contributed by atoms with Crippen molar-refractivity contribution in [3.05, 3.63) is 59.1 Å². The van der Waals surface area contributed by atoms with Crippen molar-refractivity contribution in [2.45, 2.75) is 13.8 Å². The van der Waals surface area contributed by atoms with Gasteiger partial charge in [-0.05, 0) is 13.8 Å². The van der Waals surface area contributed by atoms with Crippen LogP contribution in [-0.2, 0) is 4.79 Å². The van der Waals surface area contributed by atoms with Crippen molar-refractivity contribution in [2.24, 2.45) is 10.9 Å². The third kappa shape index (κ3) is 3.32. The quantitative estimate of drug-likeness (QED) is 0.263. The van der Waals surface area contributed by atoms with E-state index in [0.717, 1.165) is 0 Å². The summed E-state index contributed by atoms with van der Waals surface area (Å²) in [6, 6.07) is 10.4. The van der Waals surface area contributed by atoms with Crippen LogP contribution in [0.3, 0.4) is 0 Å². The second-order valence-corrected chi connectivity index (χ2v) is 4.58. The van der Waals surface area contributed by atoms with E-state index in [0.29, 0.717) is 11.3 Å². The Balaban J connectivity index is 2.34. The molecule has 114 valence electrons. The first-order chi connectivity index (χ1) is 10.5. The van der Waals surface area contributed by atoms with Gasteiger partial charge in [0.15, 0.2) is 5.82 Å². The standard InChI is InChI=1S/C15H16N4O3/c1-9-8-12(19-22-9)17-15(21)13(10(2)20)14(18-16)11-6-4-3-5-7-11/h3-8,20H,16H2,1-2H3,(H,17,19,21)/b13-10+,18-14+. The van der Waals surface area contributed by atoms with E-state index in [-0.39, 0.29) is 22.9 Å². The lowest BCUT2D eigenvalue weighted by Crippen LogP contribution is -2.24. The van der Waals surface area contributed by atoms with E-state index in [1.165, 1.54) is 6.92 Å². The maximum atomic E-state index is 12.4. The smallest absolute Gasteiger partial charge is 0.262 e. The van der Waals surface area contributed by atoms with Crippen LogP contribution in [0.4, 0.5) is 5.82 Å². The Morgan fingerprint density at radius 3 is 2.55 bits per heavy atom. The van der Waals surface area contributed by atoms with Gasteiger partial charge >= 0.3 is 0 Å². The molecule has 4 N–H and O–H groups in total. The van der Waals surface area contributed by atoms with E-state index in [1.54, 1.807) is 37.3 Å². The van der Waals surface area contributed by atoms with Crippen LogP contribution in [0, 0.1) is 6.92 Å². The fourth-order valence-corrected chi connectivity index (χ4v) is 1.93. The number of hydrogen-bond donors (Lipinski definition) is 3. The molecule has 0 bridgehead atoms. The molecule has 0 atom stereocenters. The molecule has 1 aromatic heterocycles. The Kier molecular flexibility index (Phi) is 4.57. The second kappa shape index (κ2) is 6.57. The minimum absolute atomic E-state index is 0.0330. The Hall–Kier alpha value is -3.09. The molecule has 2 aromatic rings. The van der Waals surface area contributed by atoms with Crippen molar-refractivity contribution in [3.63, 3.8) is 0 Å². The normalized spacial score (nSPS) is 12.7. The molecule has 0 saturated carbocycles. The van der Waals surface area contributed by atoms with Gasteiger partial charge < -0.3 is 20.8 Å². The van der Waals surface area contributed by atoms with Crippen LogP contribution in [-0.4, -0.2) is 21.9 Å². The molecular weight excluding hydrogens is 284 g/mol. The number of aliphatic hydroxyl groups is 1. The zero-order chi connectivity index (χ0) is 16.1. The number of carbonyl (C=O) groups is 1. The number of allylic oxidation sites excluding steroid dienone is 1. The number of hydrogen-bond acceptors (Lipinski definition) is 6. The number of aliphatic hydroxyl groups excluding tert-OH is 1. The predicted octanol–water partition coefficient (Wildman–Crippen LogP) is 2.12. The Labute approximate surface area is 127 Å². The maximum Gasteiger partial charge on any atom is 0.262 e. The van der Waals surface area contributed by atoms with Gasteiger partial charge in [0.25, 0.3) is 5.91 Å². The summed E-state index contributed by atoms with van der Waals surface area (Å²) in [7, 11) is 0. The molecule has 0 radical (unpaired) electrons. The largest absolute Gasteiger partial charge is 0.512 e. The van der Waals surface area contributed by atoms with Crippen molar-refractivity contribution in [2.75, 3.05) is 5.32 Å². The summed E-state index contributed by atoms with van der Waals surface area (Å²) in [5.74, 6) is 5.42. The molecule has 0 saturated heterocycles. The number of hydrazone groups is 1. The van der Waals surface area contributed by atoms with Gasteiger partial charge in [-0.3, -0.25) is 4.79 Å². The molecule has 0 aliphatic rings. The van der Waals surface area contributed by atoms with Gasteiger partial charge in [0, 0.05) is 11.6 Å². The number of aryl methyl sites for hydroxylation is 1. The number of nitrogens with zero attached hydrogens (tertiary/aromatic N) is 2. The number of nitrogens with one attached hydrogen (secondary N) is 1. The van der Waals surface area contributed by atoms with E-state index < -0.39 is 5.91 Å². The molecule has 0 spiro atoms. The van der Waals surface area contributed by atoms with E-state index in [1.807, 2.05) is 6.07 Å². The lowest BCUT2D eigenvalue weighted by molar-refractivity contribution is -0.112. The fraction of sp³-hybridized carbons (Fsp3) is 0.133. The monoisotopic (exact) mass is 300 g/mol. The first-order valence-electron chi connectivity index (χ1n) is 6.51. The summed E-state index contributed by atoms with van der Waals surface area (Å²) in [4.78, 5) is 12.4. The Bertz CT molecular complexity index is 728. The van der Waals surface area contributed by atoms with Gasteiger partial charge in [0.2, 0.25) is 0 Å². The maximum absolute atomic E-state index is 12.4. The number of benzene rings is 1. The number of aromatic nitrogens is 1. The molecule has 1 amide bonds. The van der Waals surface area contributed by atoms with Gasteiger partial charge in [0.05, 0.1) is 0 Å². The SMILES string of the molecule is C/C(O)=C(C(=O)Nc1cc(C)on1)/C(=N/N)c1ccccc1. The van der Waals surface area contributed by atoms with Gasteiger partial charge in [0.1, 0.15) is 22.8 Å². The van der Waals surface area contributed by atoms with Gasteiger partial charge in [-0.25, -0.2) is 0 Å². The summed E-state index contributed by atoms with van der Waals surface area (Å²) >= 11 is 0. The topological polar surface area (TPSA) is 114 Å².